The molecule has 0 saturated carbocycles. The highest BCUT2D eigenvalue weighted by Gasteiger charge is 2.36. The number of carbonyl (C=O) groups excluding carboxylic acids is 2. The van der Waals surface area contributed by atoms with E-state index < -0.39 is 18.0 Å². The van der Waals surface area contributed by atoms with E-state index in [2.05, 4.69) is 0 Å². The van der Waals surface area contributed by atoms with E-state index in [-0.39, 0.29) is 0 Å². The number of cyclic esters (lactones) is 1. The molecule has 0 radical (unpaired) electrons. The number of carbonyl (C=O) groups is 2. The van der Waals surface area contributed by atoms with Crippen LogP contribution in [-0.2, 0) is 14.3 Å². The van der Waals surface area contributed by atoms with Gasteiger partial charge in [0.25, 0.3) is 0 Å². The fourth-order valence-electron chi connectivity index (χ4n) is 1.71. The molecule has 17 heavy (non-hydrogen) atoms. The van der Waals surface area contributed by atoms with Crippen LogP contribution < -0.4 is 0 Å². The second-order valence-electron chi connectivity index (χ2n) is 3.89. The zero-order chi connectivity index (χ0) is 12.3. The molecule has 0 saturated heterocycles. The zero-order valence-corrected chi connectivity index (χ0v) is 9.64. The molecule has 0 bridgehead atoms. The van der Waals surface area contributed by atoms with Gasteiger partial charge in [0.2, 0.25) is 6.10 Å². The molecule has 0 amide bonds. The lowest BCUT2D eigenvalue weighted by Gasteiger charge is -2.10. The smallest absolute Gasteiger partial charge is 0.352 e. The van der Waals surface area contributed by atoms with Crippen molar-refractivity contribution >= 4 is 11.9 Å². The first-order chi connectivity index (χ1) is 8.24. The van der Waals surface area contributed by atoms with E-state index in [9.17, 15) is 9.59 Å². The molecule has 1 aliphatic rings. The Labute approximate surface area is 99.5 Å². The highest BCUT2D eigenvalue weighted by atomic mass is 16.6. The van der Waals surface area contributed by atoms with Gasteiger partial charge in [-0.05, 0) is 12.5 Å². The SMILES string of the molecule is CCCCOC(=O)C1OC(=O)c2ccccc21. The molecule has 1 heterocycles. The van der Waals surface area contributed by atoms with Crippen molar-refractivity contribution in [2.24, 2.45) is 0 Å². The maximum absolute atomic E-state index is 11.7. The number of fused-ring (bicyclic) bond motifs is 1. The Morgan fingerprint density at radius 2 is 2.18 bits per heavy atom. The molecule has 0 aromatic heterocycles. The molecule has 4 heteroatoms. The quantitative estimate of drug-likeness (QED) is 0.592. The van der Waals surface area contributed by atoms with E-state index in [1.807, 2.05) is 6.92 Å². The van der Waals surface area contributed by atoms with Gasteiger partial charge in [-0.25, -0.2) is 9.59 Å². The minimum atomic E-state index is -0.893. The summed E-state index contributed by atoms with van der Waals surface area (Å²) in [6.07, 6.45) is 0.873. The van der Waals surface area contributed by atoms with Crippen molar-refractivity contribution in [3.63, 3.8) is 0 Å². The van der Waals surface area contributed by atoms with Crippen LogP contribution in [0.5, 0.6) is 0 Å². The predicted molar refractivity (Wildman–Crippen MR) is 60.5 cm³/mol. The minimum Gasteiger partial charge on any atom is -0.463 e. The van der Waals surface area contributed by atoms with Crippen molar-refractivity contribution in [1.82, 2.24) is 0 Å². The number of ether oxygens (including phenoxy) is 2. The van der Waals surface area contributed by atoms with Gasteiger partial charge in [0.15, 0.2) is 0 Å². The standard InChI is InChI=1S/C13H14O4/c1-2-3-8-16-13(15)11-9-6-4-5-7-10(9)12(14)17-11/h4-7,11H,2-3,8H2,1H3. The summed E-state index contributed by atoms with van der Waals surface area (Å²) in [5, 5.41) is 0. The van der Waals surface area contributed by atoms with Crippen molar-refractivity contribution in [2.75, 3.05) is 6.61 Å². The van der Waals surface area contributed by atoms with Gasteiger partial charge in [0.05, 0.1) is 12.2 Å². The molecule has 0 fully saturated rings. The first-order valence-electron chi connectivity index (χ1n) is 5.70. The van der Waals surface area contributed by atoms with Crippen molar-refractivity contribution in [3.05, 3.63) is 35.4 Å². The fourth-order valence-corrected chi connectivity index (χ4v) is 1.71. The summed E-state index contributed by atoms with van der Waals surface area (Å²) < 4.78 is 10.1. The number of benzene rings is 1. The highest BCUT2D eigenvalue weighted by molar-refractivity contribution is 5.98. The van der Waals surface area contributed by atoms with E-state index in [4.69, 9.17) is 9.47 Å². The van der Waals surface area contributed by atoms with Crippen molar-refractivity contribution in [3.8, 4) is 0 Å². The lowest BCUT2D eigenvalue weighted by molar-refractivity contribution is -0.153. The van der Waals surface area contributed by atoms with Gasteiger partial charge in [0, 0.05) is 5.56 Å². The van der Waals surface area contributed by atoms with Crippen molar-refractivity contribution < 1.29 is 19.1 Å². The topological polar surface area (TPSA) is 52.6 Å². The Balaban J connectivity index is 2.09. The number of esters is 2. The van der Waals surface area contributed by atoms with Crippen LogP contribution in [0.4, 0.5) is 0 Å². The molecule has 1 aromatic rings. The average molecular weight is 234 g/mol. The number of unbranched alkanes of at least 4 members (excludes halogenated alkanes) is 1. The van der Waals surface area contributed by atoms with Crippen LogP contribution in [0.15, 0.2) is 24.3 Å². The Morgan fingerprint density at radius 1 is 1.41 bits per heavy atom. The van der Waals surface area contributed by atoms with E-state index in [1.54, 1.807) is 24.3 Å². The first-order valence-corrected chi connectivity index (χ1v) is 5.70. The van der Waals surface area contributed by atoms with Gasteiger partial charge < -0.3 is 9.47 Å². The maximum atomic E-state index is 11.7. The van der Waals surface area contributed by atoms with Gasteiger partial charge >= 0.3 is 11.9 Å². The fraction of sp³-hybridized carbons (Fsp3) is 0.385. The van der Waals surface area contributed by atoms with Crippen LogP contribution in [0.3, 0.4) is 0 Å². The summed E-state index contributed by atoms with van der Waals surface area (Å²) in [6, 6.07) is 6.88. The molecular formula is C13H14O4. The van der Waals surface area contributed by atoms with E-state index in [0.717, 1.165) is 12.8 Å². The third-order valence-corrected chi connectivity index (χ3v) is 2.64. The van der Waals surface area contributed by atoms with Crippen LogP contribution in [-0.4, -0.2) is 18.5 Å². The lowest BCUT2D eigenvalue weighted by Crippen LogP contribution is -2.16. The van der Waals surface area contributed by atoms with Gasteiger partial charge in [0.1, 0.15) is 0 Å². The number of hydrogen-bond acceptors (Lipinski definition) is 4. The molecule has 1 aromatic carbocycles. The highest BCUT2D eigenvalue weighted by Crippen LogP contribution is 2.31. The summed E-state index contributed by atoms with van der Waals surface area (Å²) in [5.41, 5.74) is 1.05. The Morgan fingerprint density at radius 3 is 2.94 bits per heavy atom. The summed E-state index contributed by atoms with van der Waals surface area (Å²) >= 11 is 0. The van der Waals surface area contributed by atoms with Crippen molar-refractivity contribution in [2.45, 2.75) is 25.9 Å². The predicted octanol–water partition coefficient (Wildman–Crippen LogP) is 2.24. The van der Waals surface area contributed by atoms with Gasteiger partial charge in [-0.15, -0.1) is 0 Å². The van der Waals surface area contributed by atoms with Crippen LogP contribution in [0, 0.1) is 0 Å². The summed E-state index contributed by atoms with van der Waals surface area (Å²) in [6.45, 7) is 2.38. The molecule has 4 nitrogen and oxygen atoms in total. The summed E-state index contributed by atoms with van der Waals surface area (Å²) in [7, 11) is 0. The molecule has 1 atom stereocenters. The monoisotopic (exact) mass is 234 g/mol. The Bertz CT molecular complexity index is 439. The molecule has 1 unspecified atom stereocenters. The van der Waals surface area contributed by atoms with E-state index in [0.29, 0.717) is 17.7 Å². The van der Waals surface area contributed by atoms with Gasteiger partial charge in [-0.2, -0.15) is 0 Å². The van der Waals surface area contributed by atoms with Crippen LogP contribution in [0.25, 0.3) is 0 Å². The third-order valence-electron chi connectivity index (χ3n) is 2.64. The number of hydrogen-bond donors (Lipinski definition) is 0. The summed E-state index contributed by atoms with van der Waals surface area (Å²) in [4.78, 5) is 23.2. The number of rotatable bonds is 4. The molecule has 0 N–H and O–H groups in total. The average Bonchev–Trinajstić information content (AvgIpc) is 2.68. The van der Waals surface area contributed by atoms with Crippen molar-refractivity contribution in [1.29, 1.82) is 0 Å². The maximum Gasteiger partial charge on any atom is 0.352 e. The molecule has 1 aliphatic heterocycles. The molecule has 0 aliphatic carbocycles. The second-order valence-corrected chi connectivity index (χ2v) is 3.89. The summed E-state index contributed by atoms with van der Waals surface area (Å²) in [5.74, 6) is -0.949. The first kappa shape index (κ1) is 11.6. The lowest BCUT2D eigenvalue weighted by atomic mass is 10.1. The molecule has 0 spiro atoms. The van der Waals surface area contributed by atoms with Crippen LogP contribution >= 0.6 is 0 Å². The Hall–Kier alpha value is -1.84. The minimum absolute atomic E-state index is 0.367. The van der Waals surface area contributed by atoms with Crippen LogP contribution in [0.1, 0.15) is 41.8 Å². The molecule has 2 rings (SSSR count). The molecular weight excluding hydrogens is 220 g/mol. The van der Waals surface area contributed by atoms with E-state index >= 15 is 0 Å². The van der Waals surface area contributed by atoms with Gasteiger partial charge in [-0.1, -0.05) is 31.5 Å². The second kappa shape index (κ2) is 4.99. The normalized spacial score (nSPS) is 17.5. The van der Waals surface area contributed by atoms with Gasteiger partial charge in [-0.3, -0.25) is 0 Å². The third kappa shape index (κ3) is 2.30. The Kier molecular flexibility index (Phi) is 3.42. The molecule has 90 valence electrons. The van der Waals surface area contributed by atoms with Crippen LogP contribution in [0.2, 0.25) is 0 Å². The zero-order valence-electron chi connectivity index (χ0n) is 9.64. The van der Waals surface area contributed by atoms with E-state index in [1.165, 1.54) is 0 Å². The largest absolute Gasteiger partial charge is 0.463 e.